The van der Waals surface area contributed by atoms with Gasteiger partial charge in [0.25, 0.3) is 0 Å². The monoisotopic (exact) mass is 234 g/mol. The molecule has 0 aliphatic heterocycles. The Morgan fingerprint density at radius 2 is 2.38 bits per heavy atom. The van der Waals surface area contributed by atoms with Gasteiger partial charge in [-0.1, -0.05) is 0 Å². The second-order valence-electron chi connectivity index (χ2n) is 3.62. The molecular formula is C11H14N4S. The summed E-state index contributed by atoms with van der Waals surface area (Å²) in [5.41, 5.74) is 3.94. The zero-order valence-electron chi connectivity index (χ0n) is 9.34. The zero-order chi connectivity index (χ0) is 11.4. The van der Waals surface area contributed by atoms with Crippen LogP contribution in [0.5, 0.6) is 0 Å². The molecule has 1 atom stereocenters. The Labute approximate surface area is 98.8 Å². The Balaban J connectivity index is 1.94. The summed E-state index contributed by atoms with van der Waals surface area (Å²) in [5, 5.41) is 11.3. The van der Waals surface area contributed by atoms with Crippen LogP contribution in [0.1, 0.15) is 29.2 Å². The van der Waals surface area contributed by atoms with Crippen LogP contribution in [-0.2, 0) is 6.54 Å². The molecule has 2 aromatic heterocycles. The Bertz CT molecular complexity index is 440. The second-order valence-corrected chi connectivity index (χ2v) is 4.51. The third-order valence-electron chi connectivity index (χ3n) is 2.39. The van der Waals surface area contributed by atoms with Crippen LogP contribution in [0, 0.1) is 6.92 Å². The first-order chi connectivity index (χ1) is 7.77. The minimum Gasteiger partial charge on any atom is -0.304 e. The van der Waals surface area contributed by atoms with Crippen LogP contribution >= 0.6 is 11.3 Å². The predicted molar refractivity (Wildman–Crippen MR) is 64.1 cm³/mol. The highest BCUT2D eigenvalue weighted by Crippen LogP contribution is 2.21. The average molecular weight is 234 g/mol. The molecule has 2 heterocycles. The molecule has 0 bridgehead atoms. The van der Waals surface area contributed by atoms with Crippen molar-refractivity contribution in [2.75, 3.05) is 0 Å². The molecule has 0 aliphatic carbocycles. The van der Waals surface area contributed by atoms with Gasteiger partial charge < -0.3 is 5.32 Å². The van der Waals surface area contributed by atoms with Gasteiger partial charge in [0.05, 0.1) is 16.9 Å². The molecule has 84 valence electrons. The van der Waals surface area contributed by atoms with E-state index in [1.165, 1.54) is 4.88 Å². The van der Waals surface area contributed by atoms with Gasteiger partial charge in [0.15, 0.2) is 0 Å². The van der Waals surface area contributed by atoms with Crippen molar-refractivity contribution in [3.05, 3.63) is 40.1 Å². The minimum absolute atomic E-state index is 0.300. The number of aromatic nitrogens is 3. The van der Waals surface area contributed by atoms with Gasteiger partial charge in [0.1, 0.15) is 0 Å². The summed E-state index contributed by atoms with van der Waals surface area (Å²) in [6, 6.07) is 4.16. The minimum atomic E-state index is 0.300. The number of nitrogens with one attached hydrogen (secondary N) is 1. The van der Waals surface area contributed by atoms with Crippen LogP contribution < -0.4 is 5.32 Å². The fraction of sp³-hybridized carbons (Fsp3) is 0.364. The van der Waals surface area contributed by atoms with Crippen molar-refractivity contribution in [2.24, 2.45) is 0 Å². The van der Waals surface area contributed by atoms with E-state index >= 15 is 0 Å². The number of hydrogen-bond acceptors (Lipinski definition) is 5. The van der Waals surface area contributed by atoms with Crippen molar-refractivity contribution in [2.45, 2.75) is 26.4 Å². The first kappa shape index (κ1) is 11.2. The quantitative estimate of drug-likeness (QED) is 0.880. The molecule has 0 fully saturated rings. The lowest BCUT2D eigenvalue weighted by Crippen LogP contribution is -2.18. The van der Waals surface area contributed by atoms with Gasteiger partial charge in [-0.2, -0.15) is 10.2 Å². The van der Waals surface area contributed by atoms with Gasteiger partial charge in [-0.3, -0.25) is 0 Å². The maximum atomic E-state index is 4.24. The number of hydrogen-bond donors (Lipinski definition) is 1. The summed E-state index contributed by atoms with van der Waals surface area (Å²) < 4.78 is 0. The fourth-order valence-electron chi connectivity index (χ4n) is 1.50. The third-order valence-corrected chi connectivity index (χ3v) is 3.51. The average Bonchev–Trinajstić information content (AvgIpc) is 2.74. The van der Waals surface area contributed by atoms with Gasteiger partial charge in [0.2, 0.25) is 0 Å². The normalized spacial score (nSPS) is 12.6. The summed E-state index contributed by atoms with van der Waals surface area (Å²) in [6.07, 6.45) is 1.68. The van der Waals surface area contributed by atoms with Crippen LogP contribution in [0.15, 0.2) is 23.8 Å². The van der Waals surface area contributed by atoms with Crippen LogP contribution in [0.25, 0.3) is 0 Å². The Morgan fingerprint density at radius 3 is 3.00 bits per heavy atom. The van der Waals surface area contributed by atoms with Crippen molar-refractivity contribution in [3.63, 3.8) is 0 Å². The Hall–Kier alpha value is -1.33. The van der Waals surface area contributed by atoms with E-state index in [1.807, 2.05) is 24.6 Å². The lowest BCUT2D eigenvalue weighted by atomic mass is 10.2. The maximum Gasteiger partial charge on any atom is 0.0798 e. The number of thiazole rings is 1. The van der Waals surface area contributed by atoms with Crippen LogP contribution in [0.2, 0.25) is 0 Å². The maximum absolute atomic E-state index is 4.24. The highest BCUT2D eigenvalue weighted by molar-refractivity contribution is 7.09. The Morgan fingerprint density at radius 1 is 1.50 bits per heavy atom. The van der Waals surface area contributed by atoms with Gasteiger partial charge in [-0.05, 0) is 26.0 Å². The summed E-state index contributed by atoms with van der Waals surface area (Å²) in [6.45, 7) is 4.90. The molecule has 0 saturated carbocycles. The van der Waals surface area contributed by atoms with Crippen molar-refractivity contribution in [3.8, 4) is 0 Å². The smallest absolute Gasteiger partial charge is 0.0798 e. The van der Waals surface area contributed by atoms with E-state index in [1.54, 1.807) is 17.5 Å². The van der Waals surface area contributed by atoms with E-state index in [9.17, 15) is 0 Å². The summed E-state index contributed by atoms with van der Waals surface area (Å²) >= 11 is 1.68. The molecular weight excluding hydrogens is 220 g/mol. The summed E-state index contributed by atoms with van der Waals surface area (Å²) in [7, 11) is 0. The molecule has 0 spiro atoms. The number of rotatable bonds is 4. The first-order valence-electron chi connectivity index (χ1n) is 5.17. The molecule has 16 heavy (non-hydrogen) atoms. The molecule has 1 N–H and O–H groups in total. The van der Waals surface area contributed by atoms with E-state index in [2.05, 4.69) is 27.4 Å². The summed E-state index contributed by atoms with van der Waals surface area (Å²) in [4.78, 5) is 5.52. The van der Waals surface area contributed by atoms with Crippen LogP contribution in [0.4, 0.5) is 0 Å². The topological polar surface area (TPSA) is 50.7 Å². The second kappa shape index (κ2) is 5.14. The van der Waals surface area contributed by atoms with Crippen LogP contribution in [0.3, 0.4) is 0 Å². The molecule has 0 aliphatic rings. The molecule has 1 unspecified atom stereocenters. The van der Waals surface area contributed by atoms with Crippen molar-refractivity contribution in [1.29, 1.82) is 0 Å². The molecule has 0 aromatic carbocycles. The molecule has 0 saturated heterocycles. The van der Waals surface area contributed by atoms with Gasteiger partial charge in [-0.25, -0.2) is 4.98 Å². The highest BCUT2D eigenvalue weighted by atomic mass is 32.1. The Kier molecular flexibility index (Phi) is 3.58. The molecule has 4 nitrogen and oxygen atoms in total. The lowest BCUT2D eigenvalue weighted by molar-refractivity contribution is 0.568. The predicted octanol–water partition coefficient (Wildman–Crippen LogP) is 2.09. The van der Waals surface area contributed by atoms with E-state index in [-0.39, 0.29) is 0 Å². The van der Waals surface area contributed by atoms with Gasteiger partial charge in [0, 0.05) is 23.7 Å². The standard InChI is InChI=1S/C11H14N4S/c1-8(11-9(2)13-7-16-11)12-6-10-4-3-5-14-15-10/h3-5,7-8,12H,6H2,1-2H3. The SMILES string of the molecule is Cc1ncsc1C(C)NCc1cccnn1. The third kappa shape index (κ3) is 2.62. The zero-order valence-corrected chi connectivity index (χ0v) is 10.2. The van der Waals surface area contributed by atoms with Crippen molar-refractivity contribution < 1.29 is 0 Å². The van der Waals surface area contributed by atoms with Crippen molar-refractivity contribution >= 4 is 11.3 Å². The van der Waals surface area contributed by atoms with E-state index in [4.69, 9.17) is 0 Å². The van der Waals surface area contributed by atoms with Crippen molar-refractivity contribution in [1.82, 2.24) is 20.5 Å². The van der Waals surface area contributed by atoms with E-state index in [0.717, 1.165) is 17.9 Å². The number of aryl methyl sites for hydroxylation is 1. The summed E-state index contributed by atoms with van der Waals surface area (Å²) in [5.74, 6) is 0. The highest BCUT2D eigenvalue weighted by Gasteiger charge is 2.10. The molecule has 0 radical (unpaired) electrons. The van der Waals surface area contributed by atoms with E-state index < -0.39 is 0 Å². The molecule has 5 heteroatoms. The lowest BCUT2D eigenvalue weighted by Gasteiger charge is -2.11. The molecule has 2 aromatic rings. The first-order valence-corrected chi connectivity index (χ1v) is 6.05. The van der Waals surface area contributed by atoms with E-state index in [0.29, 0.717) is 6.04 Å². The molecule has 0 amide bonds. The van der Waals surface area contributed by atoms with Gasteiger partial charge in [-0.15, -0.1) is 11.3 Å². The largest absolute Gasteiger partial charge is 0.304 e. The van der Waals surface area contributed by atoms with Crippen LogP contribution in [-0.4, -0.2) is 15.2 Å². The number of nitrogens with zero attached hydrogens (tertiary/aromatic N) is 3. The van der Waals surface area contributed by atoms with Gasteiger partial charge >= 0.3 is 0 Å². The molecule has 2 rings (SSSR count). The fourth-order valence-corrected chi connectivity index (χ4v) is 2.34.